The van der Waals surface area contributed by atoms with E-state index in [-0.39, 0.29) is 12.4 Å². The maximum Gasteiger partial charge on any atom is 0.343 e. The van der Waals surface area contributed by atoms with Crippen LogP contribution in [-0.4, -0.2) is 36.7 Å². The third kappa shape index (κ3) is 7.60. The first-order valence-electron chi connectivity index (χ1n) is 6.77. The van der Waals surface area contributed by atoms with Gasteiger partial charge in [0.1, 0.15) is 12.9 Å². The number of hydrogen-bond donors (Lipinski definition) is 1. The Bertz CT molecular complexity index is 657. The van der Waals surface area contributed by atoms with Gasteiger partial charge in [-0.2, -0.15) is 0 Å². The van der Waals surface area contributed by atoms with Gasteiger partial charge in [0.2, 0.25) is 0 Å². The molecule has 0 amide bonds. The second-order valence-corrected chi connectivity index (χ2v) is 4.20. The predicted octanol–water partition coefficient (Wildman–Crippen LogP) is 2.07. The van der Waals surface area contributed by atoms with Gasteiger partial charge in [-0.3, -0.25) is 0 Å². The number of aliphatic carboxylic acids is 1. The average Bonchev–Trinajstić information content (AvgIpc) is 2.59. The Kier molecular flexibility index (Phi) is 8.09. The molecule has 0 spiro atoms. The normalized spacial score (nSPS) is 11.5. The zero-order valence-corrected chi connectivity index (χ0v) is 12.9. The highest BCUT2D eigenvalue weighted by molar-refractivity contribution is 5.90. The molecule has 0 bridgehead atoms. The second kappa shape index (κ2) is 10.4. The summed E-state index contributed by atoms with van der Waals surface area (Å²) in [7, 11) is 1.38. The molecular formula is C17H16O7. The van der Waals surface area contributed by atoms with Crippen molar-refractivity contribution in [3.8, 4) is 0 Å². The summed E-state index contributed by atoms with van der Waals surface area (Å²) in [6.45, 7) is -0.101. The van der Waals surface area contributed by atoms with Gasteiger partial charge in [0.25, 0.3) is 0 Å². The number of benzene rings is 1. The van der Waals surface area contributed by atoms with E-state index in [0.29, 0.717) is 11.6 Å². The first kappa shape index (κ1) is 18.7. The number of carbonyl (C=O) groups excluding carboxylic acids is 2. The van der Waals surface area contributed by atoms with E-state index in [1.165, 1.54) is 19.3 Å². The Morgan fingerprint density at radius 2 is 1.79 bits per heavy atom. The number of carboxylic acid groups (broad SMARTS) is 1. The molecule has 0 unspecified atom stereocenters. The molecule has 0 atom stereocenters. The van der Waals surface area contributed by atoms with Crippen molar-refractivity contribution < 1.29 is 33.7 Å². The topological polar surface area (TPSA) is 99.1 Å². The third-order valence-corrected chi connectivity index (χ3v) is 2.49. The maximum atomic E-state index is 11.7. The number of hydrogen-bond acceptors (Lipinski definition) is 6. The molecule has 0 aliphatic carbocycles. The van der Waals surface area contributed by atoms with Gasteiger partial charge in [-0.1, -0.05) is 18.2 Å². The molecule has 0 saturated heterocycles. The minimum Gasteiger partial charge on any atom is -0.494 e. The molecule has 0 fully saturated rings. The quantitative estimate of drug-likeness (QED) is 0.337. The lowest BCUT2D eigenvalue weighted by Gasteiger charge is -2.02. The Labute approximate surface area is 138 Å². The van der Waals surface area contributed by atoms with Crippen LogP contribution in [0.2, 0.25) is 0 Å². The molecular weight excluding hydrogens is 316 g/mol. The lowest BCUT2D eigenvalue weighted by molar-refractivity contribution is -0.137. The van der Waals surface area contributed by atoms with E-state index in [2.05, 4.69) is 0 Å². The highest BCUT2D eigenvalue weighted by Gasteiger charge is 2.04. The molecule has 1 aromatic carbocycles. The molecule has 0 aliphatic rings. The van der Waals surface area contributed by atoms with Gasteiger partial charge in [-0.05, 0) is 24.3 Å². The van der Waals surface area contributed by atoms with Gasteiger partial charge in [0.15, 0.2) is 5.76 Å². The number of methoxy groups -OCH3 is 1. The van der Waals surface area contributed by atoms with Crippen LogP contribution in [0.4, 0.5) is 0 Å². The summed E-state index contributed by atoms with van der Waals surface area (Å²) in [5.41, 5.74) is 0.396. The Morgan fingerprint density at radius 1 is 1.08 bits per heavy atom. The van der Waals surface area contributed by atoms with E-state index >= 15 is 0 Å². The highest BCUT2D eigenvalue weighted by Crippen LogP contribution is 2.04. The van der Waals surface area contributed by atoms with Crippen LogP contribution in [0.1, 0.15) is 10.4 Å². The summed E-state index contributed by atoms with van der Waals surface area (Å²) >= 11 is 0. The Balaban J connectivity index is 2.47. The van der Waals surface area contributed by atoms with E-state index < -0.39 is 17.9 Å². The van der Waals surface area contributed by atoms with Crippen molar-refractivity contribution in [2.45, 2.75) is 0 Å². The van der Waals surface area contributed by atoms with E-state index in [1.807, 2.05) is 0 Å². The summed E-state index contributed by atoms with van der Waals surface area (Å²) in [4.78, 5) is 33.1. The standard InChI is InChI=1S/C17H16O7/c1-22-14(8-5-11-23-16(20)10-9-15(18)19)12-24-17(21)13-6-3-2-4-7-13/h2-10,12H,11H2,1H3,(H,18,19)/b8-5+,10-9-,14-12+. The molecule has 1 aromatic rings. The van der Waals surface area contributed by atoms with Gasteiger partial charge >= 0.3 is 17.9 Å². The largest absolute Gasteiger partial charge is 0.494 e. The van der Waals surface area contributed by atoms with Crippen molar-refractivity contribution in [1.29, 1.82) is 0 Å². The SMILES string of the molecule is COC(/C=C/COC(=O)/C=C\C(=O)O)=C/OC(=O)c1ccccc1. The molecule has 1 rings (SSSR count). The third-order valence-electron chi connectivity index (χ3n) is 2.49. The van der Waals surface area contributed by atoms with Crippen molar-refractivity contribution in [1.82, 2.24) is 0 Å². The summed E-state index contributed by atoms with van der Waals surface area (Å²) < 4.78 is 14.7. The van der Waals surface area contributed by atoms with Gasteiger partial charge in [-0.25, -0.2) is 14.4 Å². The van der Waals surface area contributed by atoms with Gasteiger partial charge < -0.3 is 19.3 Å². The first-order valence-corrected chi connectivity index (χ1v) is 6.77. The molecule has 24 heavy (non-hydrogen) atoms. The van der Waals surface area contributed by atoms with Crippen LogP contribution < -0.4 is 0 Å². The van der Waals surface area contributed by atoms with Crippen LogP contribution in [0.15, 0.2) is 66.7 Å². The maximum absolute atomic E-state index is 11.7. The molecule has 0 heterocycles. The summed E-state index contributed by atoms with van der Waals surface area (Å²) in [6, 6.07) is 8.43. The van der Waals surface area contributed by atoms with Gasteiger partial charge in [0, 0.05) is 12.2 Å². The zero-order chi connectivity index (χ0) is 17.8. The Morgan fingerprint density at radius 3 is 2.42 bits per heavy atom. The second-order valence-electron chi connectivity index (χ2n) is 4.20. The number of rotatable bonds is 8. The minimum absolute atomic E-state index is 0.101. The molecule has 7 heteroatoms. The van der Waals surface area contributed by atoms with E-state index in [0.717, 1.165) is 12.3 Å². The fourth-order valence-electron chi connectivity index (χ4n) is 1.39. The van der Waals surface area contributed by atoms with E-state index in [4.69, 9.17) is 19.3 Å². The lowest BCUT2D eigenvalue weighted by atomic mass is 10.2. The van der Waals surface area contributed by atoms with Crippen LogP contribution in [0.3, 0.4) is 0 Å². The van der Waals surface area contributed by atoms with E-state index in [9.17, 15) is 14.4 Å². The average molecular weight is 332 g/mol. The van der Waals surface area contributed by atoms with Crippen LogP contribution in [0.5, 0.6) is 0 Å². The van der Waals surface area contributed by atoms with Crippen LogP contribution >= 0.6 is 0 Å². The Hall–Kier alpha value is -3.35. The van der Waals surface area contributed by atoms with Gasteiger partial charge in [0.05, 0.1) is 12.7 Å². The molecule has 1 N–H and O–H groups in total. The molecule has 126 valence electrons. The number of carbonyl (C=O) groups is 3. The van der Waals surface area contributed by atoms with Crippen LogP contribution in [-0.2, 0) is 23.8 Å². The smallest absolute Gasteiger partial charge is 0.343 e. The van der Waals surface area contributed by atoms with Crippen molar-refractivity contribution in [3.63, 3.8) is 0 Å². The molecule has 0 aliphatic heterocycles. The molecule has 0 radical (unpaired) electrons. The fourth-order valence-corrected chi connectivity index (χ4v) is 1.39. The number of carboxylic acids is 1. The fraction of sp³-hybridized carbons (Fsp3) is 0.118. The molecule has 0 saturated carbocycles. The number of esters is 2. The number of allylic oxidation sites excluding steroid dienone is 1. The number of ether oxygens (including phenoxy) is 3. The van der Waals surface area contributed by atoms with E-state index in [1.54, 1.807) is 30.3 Å². The van der Waals surface area contributed by atoms with Crippen LogP contribution in [0, 0.1) is 0 Å². The minimum atomic E-state index is -1.24. The lowest BCUT2D eigenvalue weighted by Crippen LogP contribution is -2.02. The monoisotopic (exact) mass is 332 g/mol. The zero-order valence-electron chi connectivity index (χ0n) is 12.9. The van der Waals surface area contributed by atoms with Crippen molar-refractivity contribution >= 4 is 17.9 Å². The van der Waals surface area contributed by atoms with Gasteiger partial charge in [-0.15, -0.1) is 0 Å². The first-order chi connectivity index (χ1) is 11.5. The predicted molar refractivity (Wildman–Crippen MR) is 83.8 cm³/mol. The molecule has 0 aromatic heterocycles. The van der Waals surface area contributed by atoms with Crippen molar-refractivity contribution in [2.75, 3.05) is 13.7 Å². The highest BCUT2D eigenvalue weighted by atomic mass is 16.5. The van der Waals surface area contributed by atoms with Crippen molar-refractivity contribution in [2.24, 2.45) is 0 Å². The summed E-state index contributed by atoms with van der Waals surface area (Å²) in [6.07, 6.45) is 5.48. The molecule has 7 nitrogen and oxygen atoms in total. The van der Waals surface area contributed by atoms with Crippen molar-refractivity contribution in [3.05, 3.63) is 72.2 Å². The summed E-state index contributed by atoms with van der Waals surface area (Å²) in [5, 5.41) is 8.35. The summed E-state index contributed by atoms with van der Waals surface area (Å²) in [5.74, 6) is -2.34. The van der Waals surface area contributed by atoms with Crippen LogP contribution in [0.25, 0.3) is 0 Å².